The molecule has 0 aliphatic carbocycles. The highest BCUT2D eigenvalue weighted by Crippen LogP contribution is 2.36. The topological polar surface area (TPSA) is 55.4 Å². The van der Waals surface area contributed by atoms with Gasteiger partial charge in [0.1, 0.15) is 18.9 Å². The number of amides is 1. The van der Waals surface area contributed by atoms with Gasteiger partial charge >= 0.3 is 6.09 Å². The lowest BCUT2D eigenvalue weighted by atomic mass is 9.83. The number of thiophene rings is 1. The molecule has 0 spiro atoms. The second kappa shape index (κ2) is 10.3. The van der Waals surface area contributed by atoms with E-state index < -0.39 is 41.5 Å². The van der Waals surface area contributed by atoms with Crippen LogP contribution in [0.1, 0.15) is 39.7 Å². The van der Waals surface area contributed by atoms with Gasteiger partial charge in [-0.2, -0.15) is 0 Å². The van der Waals surface area contributed by atoms with Crippen LogP contribution in [-0.4, -0.2) is 48.6 Å². The average molecular weight is 534 g/mol. The zero-order valence-electron chi connectivity index (χ0n) is 19.8. The van der Waals surface area contributed by atoms with E-state index in [0.717, 1.165) is 44.1 Å². The number of Topliss-reactive ketones (excluding diaryl/α,β-unsaturated/α-hetero) is 1. The van der Waals surface area contributed by atoms with Crippen molar-refractivity contribution < 1.29 is 36.4 Å². The van der Waals surface area contributed by atoms with Gasteiger partial charge in [0.15, 0.2) is 23.6 Å². The number of piperidine rings is 3. The molecule has 1 N–H and O–H groups in total. The largest absolute Gasteiger partial charge is 0.440 e. The molecule has 5 nitrogen and oxygen atoms in total. The van der Waals surface area contributed by atoms with Gasteiger partial charge in [-0.15, -0.1) is 11.3 Å². The van der Waals surface area contributed by atoms with Gasteiger partial charge in [0, 0.05) is 18.8 Å². The lowest BCUT2D eigenvalue weighted by molar-refractivity contribution is -0.938. The van der Waals surface area contributed by atoms with E-state index in [2.05, 4.69) is 5.32 Å². The lowest BCUT2D eigenvalue weighted by Crippen LogP contribution is -2.66. The summed E-state index contributed by atoms with van der Waals surface area (Å²) >= 11 is 1.40. The third kappa shape index (κ3) is 5.40. The average Bonchev–Trinajstić information content (AvgIpc) is 3.41. The van der Waals surface area contributed by atoms with E-state index in [4.69, 9.17) is 4.74 Å². The van der Waals surface area contributed by atoms with Crippen molar-refractivity contribution in [2.24, 2.45) is 5.92 Å². The van der Waals surface area contributed by atoms with Gasteiger partial charge < -0.3 is 14.5 Å². The van der Waals surface area contributed by atoms with Crippen molar-refractivity contribution in [2.45, 2.75) is 25.0 Å². The molecule has 6 rings (SSSR count). The number of benzene rings is 2. The number of carbonyl (C=O) groups is 2. The highest BCUT2D eigenvalue weighted by atomic mass is 32.1. The summed E-state index contributed by atoms with van der Waals surface area (Å²) in [4.78, 5) is 26.5. The van der Waals surface area contributed by atoms with E-state index in [1.54, 1.807) is 6.07 Å². The monoisotopic (exact) mass is 533 g/mol. The van der Waals surface area contributed by atoms with Crippen LogP contribution >= 0.6 is 11.3 Å². The summed E-state index contributed by atoms with van der Waals surface area (Å²) in [5, 5.41) is 4.44. The third-order valence-corrected chi connectivity index (χ3v) is 8.27. The molecule has 2 bridgehead atoms. The number of hydrogen-bond acceptors (Lipinski definition) is 4. The summed E-state index contributed by atoms with van der Waals surface area (Å²) < 4.78 is 61.8. The maximum absolute atomic E-state index is 14.0. The molecule has 2 atom stereocenters. The summed E-state index contributed by atoms with van der Waals surface area (Å²) in [6, 6.07) is 9.18. The SMILES string of the molecule is O=C(NC(c1cccc(F)c1)c1cc(F)c(F)c(F)c1)O[C@H]1C[N+]2(CC(=O)c3cccs3)CCC1CC2. The quantitative estimate of drug-likeness (QED) is 0.186. The molecule has 1 amide bonds. The van der Waals surface area contributed by atoms with Crippen molar-refractivity contribution in [3.05, 3.63) is 93.2 Å². The number of hydrogen-bond donors (Lipinski definition) is 1. The molecule has 4 heterocycles. The second-order valence-electron chi connectivity index (χ2n) is 9.74. The standard InChI is InChI=1S/C27H24F4N2O3S/c28-19-4-1-3-17(11-19)26(18-12-20(29)25(31)21(30)13-18)32-27(35)36-23-15-33(8-6-16(23)7-9-33)14-22(34)24-5-2-10-37-24/h1-5,10-13,16,23,26H,6-9,14-15H2/p+1/t16?,23-,26?,33?/m0/s1. The number of nitrogens with one attached hydrogen (secondary N) is 1. The lowest BCUT2D eigenvalue weighted by Gasteiger charge is -2.51. The first-order chi connectivity index (χ1) is 17.7. The number of carbonyl (C=O) groups excluding carboxylic acids is 2. The highest BCUT2D eigenvalue weighted by Gasteiger charge is 2.48. The molecule has 0 saturated carbocycles. The van der Waals surface area contributed by atoms with Crippen LogP contribution in [0.4, 0.5) is 22.4 Å². The normalized spacial score (nSPS) is 23.5. The van der Waals surface area contributed by atoms with Crippen LogP contribution in [0.5, 0.6) is 0 Å². The number of halogens is 4. The predicted octanol–water partition coefficient (Wildman–Crippen LogP) is 5.61. The van der Waals surface area contributed by atoms with Crippen molar-refractivity contribution >= 4 is 23.2 Å². The van der Waals surface area contributed by atoms with E-state index >= 15 is 0 Å². The van der Waals surface area contributed by atoms with E-state index in [1.165, 1.54) is 29.5 Å². The zero-order valence-corrected chi connectivity index (χ0v) is 20.6. The van der Waals surface area contributed by atoms with Crippen molar-refractivity contribution in [2.75, 3.05) is 26.2 Å². The Bertz CT molecular complexity index is 1290. The van der Waals surface area contributed by atoms with Crippen LogP contribution in [0.3, 0.4) is 0 Å². The van der Waals surface area contributed by atoms with Crippen molar-refractivity contribution in [3.8, 4) is 0 Å². The maximum atomic E-state index is 14.0. The van der Waals surface area contributed by atoms with Crippen molar-refractivity contribution in [1.82, 2.24) is 5.32 Å². The molecular formula is C27H25F4N2O3S+. The Hall–Kier alpha value is -3.24. The first-order valence-electron chi connectivity index (χ1n) is 12.0. The van der Waals surface area contributed by atoms with E-state index in [9.17, 15) is 27.2 Å². The number of ether oxygens (including phenoxy) is 1. The predicted molar refractivity (Wildman–Crippen MR) is 129 cm³/mol. The highest BCUT2D eigenvalue weighted by molar-refractivity contribution is 7.12. The number of alkyl carbamates (subject to hydrolysis) is 1. The molecular weight excluding hydrogens is 508 g/mol. The Morgan fingerprint density at radius 3 is 2.38 bits per heavy atom. The molecule has 3 fully saturated rings. The van der Waals surface area contributed by atoms with Gasteiger partial charge in [-0.25, -0.2) is 22.4 Å². The van der Waals surface area contributed by atoms with Crippen LogP contribution in [0.25, 0.3) is 0 Å². The summed E-state index contributed by atoms with van der Waals surface area (Å²) in [6.07, 6.45) is 0.309. The third-order valence-electron chi connectivity index (χ3n) is 7.36. The Kier molecular flexibility index (Phi) is 7.04. The first-order valence-corrected chi connectivity index (χ1v) is 12.9. The van der Waals surface area contributed by atoms with E-state index in [1.807, 2.05) is 11.4 Å². The van der Waals surface area contributed by atoms with Gasteiger partial charge in [-0.05, 0) is 46.8 Å². The van der Waals surface area contributed by atoms with Gasteiger partial charge in [0.2, 0.25) is 5.78 Å². The Morgan fingerprint density at radius 2 is 1.73 bits per heavy atom. The molecule has 1 aromatic heterocycles. The molecule has 3 saturated heterocycles. The fourth-order valence-electron chi connectivity index (χ4n) is 5.47. The molecule has 0 radical (unpaired) electrons. The maximum Gasteiger partial charge on any atom is 0.408 e. The molecule has 3 aliphatic heterocycles. The number of quaternary nitrogens is 1. The van der Waals surface area contributed by atoms with E-state index in [0.29, 0.717) is 22.4 Å². The fraction of sp³-hybridized carbons (Fsp3) is 0.333. The summed E-state index contributed by atoms with van der Waals surface area (Å²) in [5.74, 6) is -4.90. The van der Waals surface area contributed by atoms with Crippen molar-refractivity contribution in [1.29, 1.82) is 0 Å². The number of ketones is 1. The molecule has 10 heteroatoms. The van der Waals surface area contributed by atoms with Gasteiger partial charge in [-0.3, -0.25) is 4.79 Å². The Labute approximate surface area is 215 Å². The number of fused-ring (bicyclic) bond motifs is 3. The van der Waals surface area contributed by atoms with Crippen LogP contribution < -0.4 is 5.32 Å². The summed E-state index contributed by atoms with van der Waals surface area (Å²) in [5.41, 5.74) is 0.110. The molecule has 37 heavy (non-hydrogen) atoms. The molecule has 3 aromatic rings. The van der Waals surface area contributed by atoms with Crippen LogP contribution in [0.15, 0.2) is 53.9 Å². The zero-order chi connectivity index (χ0) is 26.2. The van der Waals surface area contributed by atoms with Crippen LogP contribution in [0, 0.1) is 29.2 Å². The van der Waals surface area contributed by atoms with Crippen LogP contribution in [0.2, 0.25) is 0 Å². The molecule has 194 valence electrons. The Balaban J connectivity index is 1.33. The fourth-order valence-corrected chi connectivity index (χ4v) is 6.13. The van der Waals surface area contributed by atoms with Gasteiger partial charge in [0.05, 0.1) is 24.0 Å². The first kappa shape index (κ1) is 25.4. The smallest absolute Gasteiger partial charge is 0.408 e. The minimum Gasteiger partial charge on any atom is -0.440 e. The summed E-state index contributed by atoms with van der Waals surface area (Å²) in [6.45, 7) is 2.46. The van der Waals surface area contributed by atoms with Gasteiger partial charge in [0.25, 0.3) is 0 Å². The molecule has 1 unspecified atom stereocenters. The van der Waals surface area contributed by atoms with Crippen molar-refractivity contribution in [3.63, 3.8) is 0 Å². The minimum absolute atomic E-state index is 0.0603. The summed E-state index contributed by atoms with van der Waals surface area (Å²) in [7, 11) is 0. The Morgan fingerprint density at radius 1 is 1.00 bits per heavy atom. The van der Waals surface area contributed by atoms with E-state index in [-0.39, 0.29) is 22.8 Å². The molecule has 3 aliphatic rings. The van der Waals surface area contributed by atoms with Crippen LogP contribution in [-0.2, 0) is 4.74 Å². The second-order valence-corrected chi connectivity index (χ2v) is 10.7. The van der Waals surface area contributed by atoms with Gasteiger partial charge in [-0.1, -0.05) is 18.2 Å². The minimum atomic E-state index is -1.64. The molecule has 2 aromatic carbocycles. The number of nitrogens with zero attached hydrogens (tertiary/aromatic N) is 1. The number of rotatable bonds is 7.